The zero-order valence-corrected chi connectivity index (χ0v) is 15.4. The molecule has 0 atom stereocenters. The molecule has 6 N–H and O–H groups in total. The van der Waals surface area contributed by atoms with Crippen LogP contribution < -0.4 is 11.5 Å². The van der Waals surface area contributed by atoms with E-state index in [1.54, 1.807) is 6.92 Å². The summed E-state index contributed by atoms with van der Waals surface area (Å²) in [6.07, 6.45) is 5.47. The second kappa shape index (κ2) is 6.50. The first-order chi connectivity index (χ1) is 13.0. The van der Waals surface area contributed by atoms with E-state index in [1.165, 1.54) is 17.3 Å². The van der Waals surface area contributed by atoms with Gasteiger partial charge >= 0.3 is 0 Å². The summed E-state index contributed by atoms with van der Waals surface area (Å²) in [4.78, 5) is 4.98. The highest BCUT2D eigenvalue weighted by atomic mass is 14.7. The topological polar surface area (TPSA) is 113 Å². The highest BCUT2D eigenvalue weighted by Crippen LogP contribution is 2.38. The molecule has 0 bridgehead atoms. The van der Waals surface area contributed by atoms with Crippen LogP contribution >= 0.6 is 0 Å². The van der Waals surface area contributed by atoms with E-state index < -0.39 is 0 Å². The van der Waals surface area contributed by atoms with Crippen molar-refractivity contribution < 1.29 is 0 Å². The number of hydrogen-bond donors (Lipinski definition) is 4. The van der Waals surface area contributed by atoms with Crippen molar-refractivity contribution >= 4 is 34.2 Å². The van der Waals surface area contributed by atoms with Gasteiger partial charge < -0.3 is 22.3 Å². The van der Waals surface area contributed by atoms with Crippen molar-refractivity contribution in [3.05, 3.63) is 52.6 Å². The number of hydrogen-bond acceptors (Lipinski definition) is 5. The van der Waals surface area contributed by atoms with Gasteiger partial charge in [-0.2, -0.15) is 0 Å². The van der Waals surface area contributed by atoms with Crippen molar-refractivity contribution in [1.29, 1.82) is 10.8 Å². The van der Waals surface area contributed by atoms with Crippen molar-refractivity contribution in [3.8, 4) is 11.3 Å². The molecule has 5 nitrogen and oxygen atoms in total. The third kappa shape index (κ3) is 2.76. The number of rotatable bonds is 3. The van der Waals surface area contributed by atoms with E-state index >= 15 is 0 Å². The van der Waals surface area contributed by atoms with Crippen molar-refractivity contribution in [1.82, 2.24) is 4.98 Å². The zero-order chi connectivity index (χ0) is 19.1. The molecule has 0 fully saturated rings. The monoisotopic (exact) mass is 357 g/mol. The quantitative estimate of drug-likeness (QED) is 0.413. The minimum atomic E-state index is 0.471. The smallest absolute Gasteiger partial charge is 0.0744 e. The van der Waals surface area contributed by atoms with Crippen molar-refractivity contribution in [2.24, 2.45) is 0 Å². The summed E-state index contributed by atoms with van der Waals surface area (Å²) in [7, 11) is 0. The Hall–Kier alpha value is -3.21. The fourth-order valence-corrected chi connectivity index (χ4v) is 4.13. The van der Waals surface area contributed by atoms with Gasteiger partial charge in [-0.15, -0.1) is 0 Å². The number of benzene rings is 2. The van der Waals surface area contributed by atoms with Gasteiger partial charge in [-0.3, -0.25) is 0 Å². The lowest BCUT2D eigenvalue weighted by molar-refractivity contribution is 0.689. The molecule has 27 heavy (non-hydrogen) atoms. The van der Waals surface area contributed by atoms with E-state index in [0.29, 0.717) is 22.6 Å². The Labute approximate surface area is 158 Å². The summed E-state index contributed by atoms with van der Waals surface area (Å²) in [5.41, 5.74) is 20.7. The Morgan fingerprint density at radius 2 is 1.74 bits per heavy atom. The zero-order valence-electron chi connectivity index (χ0n) is 15.4. The molecule has 0 aliphatic heterocycles. The number of nitrogens with one attached hydrogen (secondary N) is 2. The number of anilines is 2. The molecule has 1 heterocycles. The van der Waals surface area contributed by atoms with Crippen LogP contribution in [0.5, 0.6) is 0 Å². The maximum atomic E-state index is 8.22. The Kier molecular flexibility index (Phi) is 4.15. The average molecular weight is 357 g/mol. The lowest BCUT2D eigenvalue weighted by Gasteiger charge is -2.23. The highest BCUT2D eigenvalue weighted by molar-refractivity contribution is 6.13. The summed E-state index contributed by atoms with van der Waals surface area (Å²) >= 11 is 0. The van der Waals surface area contributed by atoms with Crippen LogP contribution in [0.3, 0.4) is 0 Å². The Morgan fingerprint density at radius 3 is 2.44 bits per heavy atom. The summed E-state index contributed by atoms with van der Waals surface area (Å²) < 4.78 is 0. The number of fused-ring (bicyclic) bond motifs is 3. The predicted octanol–water partition coefficient (Wildman–Crippen LogP) is 4.33. The maximum Gasteiger partial charge on any atom is 0.0744 e. The van der Waals surface area contributed by atoms with Crippen molar-refractivity contribution in [2.75, 3.05) is 11.5 Å². The lowest BCUT2D eigenvalue weighted by atomic mass is 9.84. The van der Waals surface area contributed by atoms with Gasteiger partial charge in [0.1, 0.15) is 0 Å². The summed E-state index contributed by atoms with van der Waals surface area (Å²) in [5.74, 6) is 0. The number of aromatic nitrogens is 1. The first-order valence-electron chi connectivity index (χ1n) is 9.21. The molecule has 1 aliphatic carbocycles. The largest absolute Gasteiger partial charge is 0.398 e. The highest BCUT2D eigenvalue weighted by Gasteiger charge is 2.22. The molecule has 0 radical (unpaired) electrons. The minimum Gasteiger partial charge on any atom is -0.398 e. The van der Waals surface area contributed by atoms with Gasteiger partial charge in [-0.1, -0.05) is 6.07 Å². The maximum absolute atomic E-state index is 8.22. The molecule has 0 amide bonds. The van der Waals surface area contributed by atoms with Gasteiger partial charge in [0.05, 0.1) is 11.2 Å². The first kappa shape index (κ1) is 17.2. The standard InChI is InChI=1S/C22H23N5/c1-12(24)20-18(26)8-9-19-21(20)15-4-2-3-5-16(15)22(27-19)13-6-7-17(25)14(10-13)11-23/h6-11,23-24H,2-5,25-26H2,1H3. The average Bonchev–Trinajstić information content (AvgIpc) is 2.67. The molecule has 0 saturated heterocycles. The molecule has 5 heteroatoms. The van der Waals surface area contributed by atoms with Gasteiger partial charge in [-0.25, -0.2) is 4.98 Å². The van der Waals surface area contributed by atoms with E-state index in [-0.39, 0.29) is 0 Å². The molecule has 0 unspecified atom stereocenters. The Bertz CT molecular complexity index is 1100. The number of pyridine rings is 1. The number of nitrogen functional groups attached to an aromatic ring is 2. The summed E-state index contributed by atoms with van der Waals surface area (Å²) in [6.45, 7) is 1.78. The predicted molar refractivity (Wildman–Crippen MR) is 113 cm³/mol. The third-order valence-corrected chi connectivity index (χ3v) is 5.39. The number of nitrogens with zero attached hydrogens (tertiary/aromatic N) is 1. The number of nitrogens with two attached hydrogens (primary N) is 2. The van der Waals surface area contributed by atoms with E-state index in [2.05, 4.69) is 0 Å². The normalized spacial score (nSPS) is 13.4. The van der Waals surface area contributed by atoms with Crippen molar-refractivity contribution in [3.63, 3.8) is 0 Å². The molecule has 1 aromatic heterocycles. The fraction of sp³-hybridized carbons (Fsp3) is 0.227. The van der Waals surface area contributed by atoms with Crippen LogP contribution in [-0.4, -0.2) is 16.9 Å². The van der Waals surface area contributed by atoms with Gasteiger partial charge in [0.2, 0.25) is 0 Å². The number of aryl methyl sites for hydroxylation is 1. The molecular formula is C22H23N5. The van der Waals surface area contributed by atoms with E-state index in [4.69, 9.17) is 27.3 Å². The van der Waals surface area contributed by atoms with E-state index in [9.17, 15) is 0 Å². The van der Waals surface area contributed by atoms with Crippen LogP contribution in [0.15, 0.2) is 30.3 Å². The Balaban J connectivity index is 2.08. The molecule has 3 aromatic rings. The van der Waals surface area contributed by atoms with Crippen LogP contribution in [-0.2, 0) is 12.8 Å². The minimum absolute atomic E-state index is 0.471. The SMILES string of the molecule is CC(=N)c1c(N)ccc2nc(-c3ccc(N)c(C=N)c3)c3c(c12)CCCC3. The third-order valence-electron chi connectivity index (χ3n) is 5.39. The van der Waals surface area contributed by atoms with E-state index in [1.807, 2.05) is 30.3 Å². The van der Waals surface area contributed by atoms with Gasteiger partial charge in [0, 0.05) is 45.4 Å². The van der Waals surface area contributed by atoms with Crippen LogP contribution in [0.25, 0.3) is 22.2 Å². The van der Waals surface area contributed by atoms with Crippen LogP contribution in [0.2, 0.25) is 0 Å². The van der Waals surface area contributed by atoms with Gasteiger partial charge in [0.15, 0.2) is 0 Å². The van der Waals surface area contributed by atoms with Crippen LogP contribution in [0.4, 0.5) is 11.4 Å². The molecule has 1 aliphatic rings. The van der Waals surface area contributed by atoms with Gasteiger partial charge in [0.25, 0.3) is 0 Å². The molecule has 0 spiro atoms. The second-order valence-corrected chi connectivity index (χ2v) is 7.16. The first-order valence-corrected chi connectivity index (χ1v) is 9.21. The molecular weight excluding hydrogens is 334 g/mol. The summed E-state index contributed by atoms with van der Waals surface area (Å²) in [6, 6.07) is 9.54. The lowest BCUT2D eigenvalue weighted by Crippen LogP contribution is -2.11. The summed E-state index contributed by atoms with van der Waals surface area (Å²) in [5, 5.41) is 16.9. The Morgan fingerprint density at radius 1 is 1.04 bits per heavy atom. The molecule has 2 aromatic carbocycles. The second-order valence-electron chi connectivity index (χ2n) is 7.16. The molecule has 0 saturated carbocycles. The van der Waals surface area contributed by atoms with Crippen LogP contribution in [0, 0.1) is 10.8 Å². The molecule has 136 valence electrons. The van der Waals surface area contributed by atoms with Gasteiger partial charge in [-0.05, 0) is 68.0 Å². The van der Waals surface area contributed by atoms with E-state index in [0.717, 1.165) is 53.4 Å². The van der Waals surface area contributed by atoms with Crippen LogP contribution in [0.1, 0.15) is 42.0 Å². The fourth-order valence-electron chi connectivity index (χ4n) is 4.13. The van der Waals surface area contributed by atoms with Crippen molar-refractivity contribution in [2.45, 2.75) is 32.6 Å². The molecule has 4 rings (SSSR count).